The van der Waals surface area contributed by atoms with Gasteiger partial charge in [-0.05, 0) is 49.2 Å². The van der Waals surface area contributed by atoms with E-state index in [-0.39, 0.29) is 17.0 Å². The molecular weight excluding hydrogens is 381 g/mol. The van der Waals surface area contributed by atoms with Gasteiger partial charge in [-0.3, -0.25) is 9.10 Å². The predicted octanol–water partition coefficient (Wildman–Crippen LogP) is 3.89. The van der Waals surface area contributed by atoms with Gasteiger partial charge in [-0.25, -0.2) is 8.42 Å². The molecule has 9 heteroatoms. The number of nitrogens with zero attached hydrogens (tertiary/aromatic N) is 1. The van der Waals surface area contributed by atoms with Gasteiger partial charge >= 0.3 is 6.18 Å². The minimum Gasteiger partial charge on any atom is -0.321 e. The van der Waals surface area contributed by atoms with Crippen molar-refractivity contribution >= 4 is 27.3 Å². The number of hydrogen-bond acceptors (Lipinski definition) is 3. The number of anilines is 2. The van der Waals surface area contributed by atoms with Crippen LogP contribution in [0.5, 0.6) is 0 Å². The largest absolute Gasteiger partial charge is 0.418 e. The molecule has 2 aromatic rings. The van der Waals surface area contributed by atoms with Crippen LogP contribution < -0.4 is 9.62 Å². The molecule has 5 nitrogen and oxygen atoms in total. The Morgan fingerprint density at radius 1 is 1.00 bits per heavy atom. The van der Waals surface area contributed by atoms with E-state index < -0.39 is 27.7 Å². The van der Waals surface area contributed by atoms with Gasteiger partial charge in [-0.1, -0.05) is 12.1 Å². The Labute approximate surface area is 154 Å². The van der Waals surface area contributed by atoms with Crippen LogP contribution in [0.15, 0.2) is 48.5 Å². The van der Waals surface area contributed by atoms with Crippen molar-refractivity contribution in [2.75, 3.05) is 21.9 Å². The van der Waals surface area contributed by atoms with E-state index >= 15 is 0 Å². The van der Waals surface area contributed by atoms with Crippen LogP contribution in [0.1, 0.15) is 28.8 Å². The standard InChI is InChI=1S/C18H17F3N2O3S/c19-18(20,21)15-5-1-2-6-16(15)22-17(24)13-7-9-14(10-8-13)23-11-3-4-12-27(23,25)26/h1-2,5-10H,3-4,11-12H2,(H,22,24). The average molecular weight is 398 g/mol. The molecule has 1 amide bonds. The molecule has 0 radical (unpaired) electrons. The van der Waals surface area contributed by atoms with Gasteiger partial charge in [0, 0.05) is 12.1 Å². The van der Waals surface area contributed by atoms with E-state index in [4.69, 9.17) is 0 Å². The predicted molar refractivity (Wildman–Crippen MR) is 96.2 cm³/mol. The minimum absolute atomic E-state index is 0.0729. The Hall–Kier alpha value is -2.55. The van der Waals surface area contributed by atoms with E-state index in [9.17, 15) is 26.4 Å². The van der Waals surface area contributed by atoms with Crippen LogP contribution in [-0.4, -0.2) is 26.6 Å². The van der Waals surface area contributed by atoms with E-state index in [1.165, 1.54) is 46.8 Å². The smallest absolute Gasteiger partial charge is 0.321 e. The van der Waals surface area contributed by atoms with E-state index in [1.54, 1.807) is 0 Å². The maximum absolute atomic E-state index is 13.0. The first kappa shape index (κ1) is 19.2. The maximum atomic E-state index is 13.0. The second kappa shape index (κ2) is 7.22. The number of para-hydroxylation sites is 1. The van der Waals surface area contributed by atoms with Gasteiger partial charge in [-0.2, -0.15) is 13.2 Å². The molecule has 1 saturated heterocycles. The van der Waals surface area contributed by atoms with Crippen LogP contribution in [0.4, 0.5) is 24.5 Å². The summed E-state index contributed by atoms with van der Waals surface area (Å²) in [6.07, 6.45) is -3.23. The summed E-state index contributed by atoms with van der Waals surface area (Å²) in [7, 11) is -3.37. The van der Waals surface area contributed by atoms with E-state index in [1.807, 2.05) is 0 Å². The first-order valence-electron chi connectivity index (χ1n) is 8.26. The highest BCUT2D eigenvalue weighted by Crippen LogP contribution is 2.34. The number of benzene rings is 2. The lowest BCUT2D eigenvalue weighted by molar-refractivity contribution is -0.136. The molecule has 0 spiro atoms. The molecule has 3 rings (SSSR count). The zero-order valence-corrected chi connectivity index (χ0v) is 15.0. The third-order valence-electron chi connectivity index (χ3n) is 4.25. The molecule has 1 aliphatic rings. The Bertz CT molecular complexity index is 941. The van der Waals surface area contributed by atoms with Crippen molar-refractivity contribution in [1.29, 1.82) is 0 Å². The molecule has 1 N–H and O–H groups in total. The third-order valence-corrected chi connectivity index (χ3v) is 6.12. The molecule has 27 heavy (non-hydrogen) atoms. The normalized spacial score (nSPS) is 16.8. The number of nitrogens with one attached hydrogen (secondary N) is 1. The molecule has 1 heterocycles. The summed E-state index contributed by atoms with van der Waals surface area (Å²) >= 11 is 0. The first-order chi connectivity index (χ1) is 12.7. The highest BCUT2D eigenvalue weighted by molar-refractivity contribution is 7.92. The number of halogens is 3. The Morgan fingerprint density at radius 2 is 1.67 bits per heavy atom. The number of sulfonamides is 1. The number of alkyl halides is 3. The maximum Gasteiger partial charge on any atom is 0.418 e. The highest BCUT2D eigenvalue weighted by atomic mass is 32.2. The molecule has 0 atom stereocenters. The molecular formula is C18H17F3N2O3S. The fourth-order valence-electron chi connectivity index (χ4n) is 2.89. The van der Waals surface area contributed by atoms with Crippen molar-refractivity contribution in [3.05, 3.63) is 59.7 Å². The fraction of sp³-hybridized carbons (Fsp3) is 0.278. The molecule has 1 fully saturated rings. The van der Waals surface area contributed by atoms with Crippen LogP contribution in [0.2, 0.25) is 0 Å². The second-order valence-electron chi connectivity index (χ2n) is 6.14. The van der Waals surface area contributed by atoms with E-state index in [0.717, 1.165) is 12.5 Å². The van der Waals surface area contributed by atoms with Crippen LogP contribution in [0.25, 0.3) is 0 Å². The molecule has 1 aliphatic heterocycles. The highest BCUT2D eigenvalue weighted by Gasteiger charge is 2.33. The number of carbonyl (C=O) groups is 1. The second-order valence-corrected chi connectivity index (χ2v) is 8.15. The summed E-state index contributed by atoms with van der Waals surface area (Å²) in [4.78, 5) is 12.3. The molecule has 0 bridgehead atoms. The lowest BCUT2D eigenvalue weighted by atomic mass is 10.1. The summed E-state index contributed by atoms with van der Waals surface area (Å²) < 4.78 is 64.6. The molecule has 0 aliphatic carbocycles. The lowest BCUT2D eigenvalue weighted by Gasteiger charge is -2.28. The molecule has 0 aromatic heterocycles. The van der Waals surface area contributed by atoms with Crippen LogP contribution in [-0.2, 0) is 16.2 Å². The number of carbonyl (C=O) groups excluding carboxylic acids is 1. The third kappa shape index (κ3) is 4.24. The van der Waals surface area contributed by atoms with Gasteiger partial charge in [0.2, 0.25) is 10.0 Å². The average Bonchev–Trinajstić information content (AvgIpc) is 2.61. The zero-order valence-electron chi connectivity index (χ0n) is 14.2. The molecule has 0 unspecified atom stereocenters. The lowest BCUT2D eigenvalue weighted by Crippen LogP contribution is -2.37. The Balaban J connectivity index is 1.79. The van der Waals surface area contributed by atoms with Gasteiger partial charge < -0.3 is 5.32 Å². The van der Waals surface area contributed by atoms with Crippen LogP contribution in [0, 0.1) is 0 Å². The van der Waals surface area contributed by atoms with Crippen molar-refractivity contribution in [2.45, 2.75) is 19.0 Å². The summed E-state index contributed by atoms with van der Waals surface area (Å²) in [5.74, 6) is -0.636. The number of rotatable bonds is 3. The van der Waals surface area contributed by atoms with Crippen molar-refractivity contribution in [3.63, 3.8) is 0 Å². The van der Waals surface area contributed by atoms with Crippen molar-refractivity contribution in [1.82, 2.24) is 0 Å². The van der Waals surface area contributed by atoms with Crippen molar-refractivity contribution in [3.8, 4) is 0 Å². The molecule has 144 valence electrons. The Morgan fingerprint density at radius 3 is 2.30 bits per heavy atom. The van der Waals surface area contributed by atoms with Crippen LogP contribution >= 0.6 is 0 Å². The summed E-state index contributed by atoms with van der Waals surface area (Å²) in [5, 5.41) is 2.26. The molecule has 0 saturated carbocycles. The minimum atomic E-state index is -4.59. The Kier molecular flexibility index (Phi) is 5.14. The monoisotopic (exact) mass is 398 g/mol. The van der Waals surface area contributed by atoms with Crippen LogP contribution in [0.3, 0.4) is 0 Å². The van der Waals surface area contributed by atoms with Gasteiger partial charge in [0.1, 0.15) is 0 Å². The first-order valence-corrected chi connectivity index (χ1v) is 9.87. The van der Waals surface area contributed by atoms with Crippen molar-refractivity contribution in [2.24, 2.45) is 0 Å². The summed E-state index contributed by atoms with van der Waals surface area (Å²) in [6.45, 7) is 0.368. The quantitative estimate of drug-likeness (QED) is 0.853. The summed E-state index contributed by atoms with van der Waals surface area (Å²) in [6, 6.07) is 10.5. The van der Waals surface area contributed by atoms with Gasteiger partial charge in [-0.15, -0.1) is 0 Å². The number of amides is 1. The van der Waals surface area contributed by atoms with E-state index in [2.05, 4.69) is 5.32 Å². The van der Waals surface area contributed by atoms with E-state index in [0.29, 0.717) is 18.7 Å². The fourth-order valence-corrected chi connectivity index (χ4v) is 4.53. The van der Waals surface area contributed by atoms with Gasteiger partial charge in [0.05, 0.1) is 22.7 Å². The zero-order chi connectivity index (χ0) is 19.7. The van der Waals surface area contributed by atoms with Gasteiger partial charge in [0.25, 0.3) is 5.91 Å². The van der Waals surface area contributed by atoms with Crippen molar-refractivity contribution < 1.29 is 26.4 Å². The van der Waals surface area contributed by atoms with Gasteiger partial charge in [0.15, 0.2) is 0 Å². The topological polar surface area (TPSA) is 66.5 Å². The summed E-state index contributed by atoms with van der Waals surface area (Å²) in [5.41, 5.74) is -0.709. The molecule has 2 aromatic carbocycles. The SMILES string of the molecule is O=C(Nc1ccccc1C(F)(F)F)c1ccc(N2CCCCS2(=O)=O)cc1. The number of hydrogen-bond donors (Lipinski definition) is 1.